The van der Waals surface area contributed by atoms with Gasteiger partial charge in [-0.1, -0.05) is 12.1 Å². The van der Waals surface area contributed by atoms with Gasteiger partial charge < -0.3 is 4.57 Å². The maximum absolute atomic E-state index is 12.5. The third-order valence-electron chi connectivity index (χ3n) is 3.76. The van der Waals surface area contributed by atoms with Gasteiger partial charge >= 0.3 is 6.18 Å². The van der Waals surface area contributed by atoms with E-state index in [1.54, 1.807) is 6.20 Å². The molecular weight excluding hydrogens is 279 g/mol. The van der Waals surface area contributed by atoms with E-state index >= 15 is 0 Å². The SMILES string of the molecule is O=C1CCCc2cn(Cc3ccc(C(F)(F)F)cc3)cc21. The Balaban J connectivity index is 1.79. The van der Waals surface area contributed by atoms with Gasteiger partial charge in [-0.2, -0.15) is 13.2 Å². The van der Waals surface area contributed by atoms with Crippen LogP contribution in [0.15, 0.2) is 36.7 Å². The number of halogens is 3. The minimum Gasteiger partial charge on any atom is -0.349 e. The third kappa shape index (κ3) is 2.86. The summed E-state index contributed by atoms with van der Waals surface area (Å²) in [5.74, 6) is 0.155. The van der Waals surface area contributed by atoms with Crippen molar-refractivity contribution in [3.63, 3.8) is 0 Å². The predicted octanol–water partition coefficient (Wildman–Crippen LogP) is 4.07. The molecule has 0 fully saturated rings. The zero-order valence-corrected chi connectivity index (χ0v) is 11.3. The summed E-state index contributed by atoms with van der Waals surface area (Å²) in [5, 5.41) is 0. The van der Waals surface area contributed by atoms with Gasteiger partial charge in [0.15, 0.2) is 5.78 Å². The fraction of sp³-hybridized carbons (Fsp3) is 0.312. The highest BCUT2D eigenvalue weighted by molar-refractivity contribution is 5.98. The zero-order valence-electron chi connectivity index (χ0n) is 11.3. The van der Waals surface area contributed by atoms with Crippen molar-refractivity contribution in [2.75, 3.05) is 0 Å². The first-order valence-electron chi connectivity index (χ1n) is 6.81. The highest BCUT2D eigenvalue weighted by Gasteiger charge is 2.29. The van der Waals surface area contributed by atoms with Crippen LogP contribution in [0.5, 0.6) is 0 Å². The Kier molecular flexibility index (Phi) is 3.35. The average molecular weight is 293 g/mol. The lowest BCUT2D eigenvalue weighted by Crippen LogP contribution is -2.07. The molecule has 1 aliphatic rings. The summed E-state index contributed by atoms with van der Waals surface area (Å²) in [5.41, 5.74) is 1.93. The van der Waals surface area contributed by atoms with Crippen LogP contribution in [0.1, 0.15) is 39.9 Å². The van der Waals surface area contributed by atoms with Crippen molar-refractivity contribution in [2.45, 2.75) is 32.0 Å². The van der Waals surface area contributed by atoms with E-state index in [0.717, 1.165) is 41.7 Å². The van der Waals surface area contributed by atoms with Crippen LogP contribution in [0.2, 0.25) is 0 Å². The molecule has 1 heterocycles. The van der Waals surface area contributed by atoms with Crippen molar-refractivity contribution in [3.8, 4) is 0 Å². The molecule has 0 unspecified atom stereocenters. The number of aryl methyl sites for hydroxylation is 1. The van der Waals surface area contributed by atoms with Crippen molar-refractivity contribution in [2.24, 2.45) is 0 Å². The molecule has 1 aliphatic carbocycles. The van der Waals surface area contributed by atoms with Gasteiger partial charge in [0.1, 0.15) is 0 Å². The molecule has 110 valence electrons. The number of nitrogens with zero attached hydrogens (tertiary/aromatic N) is 1. The lowest BCUT2D eigenvalue weighted by molar-refractivity contribution is -0.137. The van der Waals surface area contributed by atoms with Gasteiger partial charge in [0.25, 0.3) is 0 Å². The topological polar surface area (TPSA) is 22.0 Å². The normalized spacial score (nSPS) is 15.1. The van der Waals surface area contributed by atoms with Crippen LogP contribution in [0.4, 0.5) is 13.2 Å². The smallest absolute Gasteiger partial charge is 0.349 e. The van der Waals surface area contributed by atoms with Crippen LogP contribution < -0.4 is 0 Å². The highest BCUT2D eigenvalue weighted by Crippen LogP contribution is 2.29. The molecule has 0 amide bonds. The molecule has 1 aromatic carbocycles. The fourth-order valence-electron chi connectivity index (χ4n) is 2.68. The summed E-state index contributed by atoms with van der Waals surface area (Å²) in [6, 6.07) is 5.13. The molecule has 3 rings (SSSR count). The van der Waals surface area contributed by atoms with Gasteiger partial charge in [0.2, 0.25) is 0 Å². The van der Waals surface area contributed by atoms with Gasteiger partial charge in [0, 0.05) is 30.9 Å². The maximum Gasteiger partial charge on any atom is 0.416 e. The lowest BCUT2D eigenvalue weighted by atomic mass is 9.95. The number of rotatable bonds is 2. The Morgan fingerprint density at radius 3 is 2.38 bits per heavy atom. The Hall–Kier alpha value is -2.04. The average Bonchev–Trinajstić information content (AvgIpc) is 2.82. The van der Waals surface area contributed by atoms with E-state index in [1.807, 2.05) is 10.8 Å². The fourth-order valence-corrected chi connectivity index (χ4v) is 2.68. The molecule has 2 nitrogen and oxygen atoms in total. The number of carbonyl (C=O) groups excluding carboxylic acids is 1. The number of aromatic nitrogens is 1. The summed E-state index contributed by atoms with van der Waals surface area (Å²) in [6.07, 6.45) is 1.75. The Morgan fingerprint density at radius 2 is 1.76 bits per heavy atom. The number of carbonyl (C=O) groups is 1. The van der Waals surface area contributed by atoms with Gasteiger partial charge in [-0.25, -0.2) is 0 Å². The van der Waals surface area contributed by atoms with Crippen LogP contribution in [0, 0.1) is 0 Å². The monoisotopic (exact) mass is 293 g/mol. The molecule has 0 spiro atoms. The molecule has 0 aliphatic heterocycles. The Morgan fingerprint density at radius 1 is 1.05 bits per heavy atom. The first-order valence-corrected chi connectivity index (χ1v) is 6.81. The zero-order chi connectivity index (χ0) is 15.0. The standard InChI is InChI=1S/C16H14F3NO/c17-16(18,19)13-6-4-11(5-7-13)8-20-9-12-2-1-3-15(21)14(12)10-20/h4-7,9-10H,1-3,8H2. The molecule has 0 N–H and O–H groups in total. The van der Waals surface area contributed by atoms with Crippen molar-refractivity contribution in [1.82, 2.24) is 4.57 Å². The maximum atomic E-state index is 12.5. The molecule has 0 saturated heterocycles. The van der Waals surface area contributed by atoms with E-state index in [4.69, 9.17) is 0 Å². The summed E-state index contributed by atoms with van der Waals surface area (Å²) in [7, 11) is 0. The first-order chi connectivity index (χ1) is 9.93. The lowest BCUT2D eigenvalue weighted by Gasteiger charge is -2.08. The second kappa shape index (κ2) is 5.06. The van der Waals surface area contributed by atoms with E-state index < -0.39 is 11.7 Å². The second-order valence-corrected chi connectivity index (χ2v) is 5.34. The van der Waals surface area contributed by atoms with E-state index in [2.05, 4.69) is 0 Å². The highest BCUT2D eigenvalue weighted by atomic mass is 19.4. The number of hydrogen-bond donors (Lipinski definition) is 0. The van der Waals surface area contributed by atoms with Gasteiger partial charge in [-0.05, 0) is 36.1 Å². The number of benzene rings is 1. The van der Waals surface area contributed by atoms with Crippen LogP contribution in [0.3, 0.4) is 0 Å². The van der Waals surface area contributed by atoms with Gasteiger partial charge in [-0.3, -0.25) is 4.79 Å². The number of alkyl halides is 3. The number of Topliss-reactive ketones (excluding diaryl/α,β-unsaturated/α-hetero) is 1. The largest absolute Gasteiger partial charge is 0.416 e. The summed E-state index contributed by atoms with van der Waals surface area (Å²) in [6.45, 7) is 0.471. The summed E-state index contributed by atoms with van der Waals surface area (Å²) < 4.78 is 39.4. The molecule has 0 radical (unpaired) electrons. The summed E-state index contributed by atoms with van der Waals surface area (Å²) >= 11 is 0. The minimum absolute atomic E-state index is 0.155. The van der Waals surface area contributed by atoms with Crippen LogP contribution in [-0.2, 0) is 19.1 Å². The number of ketones is 1. The first kappa shape index (κ1) is 13.9. The molecular formula is C16H14F3NO. The van der Waals surface area contributed by atoms with Crippen LogP contribution >= 0.6 is 0 Å². The molecule has 0 bridgehead atoms. The minimum atomic E-state index is -4.31. The van der Waals surface area contributed by atoms with Gasteiger partial charge in [0.05, 0.1) is 5.56 Å². The molecule has 0 atom stereocenters. The predicted molar refractivity (Wildman–Crippen MR) is 72.2 cm³/mol. The third-order valence-corrected chi connectivity index (χ3v) is 3.76. The molecule has 0 saturated carbocycles. The van der Waals surface area contributed by atoms with Crippen molar-refractivity contribution in [3.05, 3.63) is 58.9 Å². The molecule has 1 aromatic heterocycles. The van der Waals surface area contributed by atoms with Crippen LogP contribution in [-0.4, -0.2) is 10.4 Å². The number of hydrogen-bond acceptors (Lipinski definition) is 1. The Bertz CT molecular complexity index is 668. The van der Waals surface area contributed by atoms with Crippen molar-refractivity contribution in [1.29, 1.82) is 0 Å². The van der Waals surface area contributed by atoms with Crippen molar-refractivity contribution >= 4 is 5.78 Å². The van der Waals surface area contributed by atoms with Crippen LogP contribution in [0.25, 0.3) is 0 Å². The summed E-state index contributed by atoms with van der Waals surface area (Å²) in [4.78, 5) is 11.8. The Labute approximate surface area is 120 Å². The molecule has 21 heavy (non-hydrogen) atoms. The van der Waals surface area contributed by atoms with E-state index in [-0.39, 0.29) is 5.78 Å². The van der Waals surface area contributed by atoms with Crippen molar-refractivity contribution < 1.29 is 18.0 Å². The molecule has 5 heteroatoms. The second-order valence-electron chi connectivity index (χ2n) is 5.34. The van der Waals surface area contributed by atoms with E-state index in [9.17, 15) is 18.0 Å². The van der Waals surface area contributed by atoms with Gasteiger partial charge in [-0.15, -0.1) is 0 Å². The molecule has 2 aromatic rings. The number of fused-ring (bicyclic) bond motifs is 1. The quantitative estimate of drug-likeness (QED) is 0.818. The van der Waals surface area contributed by atoms with E-state index in [1.165, 1.54) is 12.1 Å². The van der Waals surface area contributed by atoms with E-state index in [0.29, 0.717) is 13.0 Å².